The highest BCUT2D eigenvalue weighted by Gasteiger charge is 2.27. The third-order valence-corrected chi connectivity index (χ3v) is 4.92. The summed E-state index contributed by atoms with van der Waals surface area (Å²) in [5.41, 5.74) is 0.879. The molecule has 7 heteroatoms. The molecule has 1 aromatic heterocycles. The van der Waals surface area contributed by atoms with Gasteiger partial charge in [0.25, 0.3) is 0 Å². The average molecular weight is 272 g/mol. The van der Waals surface area contributed by atoms with Crippen molar-refractivity contribution in [1.82, 2.24) is 14.5 Å². The molecular formula is C11H20N4O2S. The maximum Gasteiger partial charge on any atom is 0.302 e. The number of aromatic nitrogens is 2. The quantitative estimate of drug-likeness (QED) is 0.868. The second-order valence-corrected chi connectivity index (χ2v) is 6.48. The van der Waals surface area contributed by atoms with Crippen molar-refractivity contribution >= 4 is 16.0 Å². The maximum atomic E-state index is 12.2. The predicted molar refractivity (Wildman–Crippen MR) is 70.5 cm³/mol. The molecule has 0 atom stereocenters. The van der Waals surface area contributed by atoms with Crippen molar-refractivity contribution in [2.75, 3.05) is 17.8 Å². The van der Waals surface area contributed by atoms with Gasteiger partial charge in [-0.05, 0) is 25.2 Å². The molecule has 0 unspecified atom stereocenters. The molecular weight excluding hydrogens is 252 g/mol. The van der Waals surface area contributed by atoms with Crippen LogP contribution in [0.5, 0.6) is 0 Å². The monoisotopic (exact) mass is 272 g/mol. The van der Waals surface area contributed by atoms with Crippen LogP contribution >= 0.6 is 0 Å². The number of hydrogen-bond donors (Lipinski definition) is 2. The first-order valence-corrected chi connectivity index (χ1v) is 7.77. The Balaban J connectivity index is 2.08. The van der Waals surface area contributed by atoms with Gasteiger partial charge in [-0.3, -0.25) is 9.82 Å². The number of rotatable bonds is 4. The molecule has 1 saturated heterocycles. The standard InChI is InChI=1S/C11H20N4O2S/c1-3-10-8-12-13-11(10)14-18(16,17)15-6-4-9(2)5-7-15/h8-9H,3-7H2,1-2H3,(H2,12,13,14). The molecule has 1 aromatic rings. The van der Waals surface area contributed by atoms with Gasteiger partial charge in [0, 0.05) is 18.7 Å². The van der Waals surface area contributed by atoms with Gasteiger partial charge >= 0.3 is 10.2 Å². The zero-order valence-electron chi connectivity index (χ0n) is 10.8. The number of nitrogens with zero attached hydrogens (tertiary/aromatic N) is 2. The van der Waals surface area contributed by atoms with Crippen molar-refractivity contribution < 1.29 is 8.42 Å². The molecule has 2 heterocycles. The summed E-state index contributed by atoms with van der Waals surface area (Å²) >= 11 is 0. The molecule has 2 N–H and O–H groups in total. The molecule has 0 radical (unpaired) electrons. The second-order valence-electron chi connectivity index (χ2n) is 4.81. The van der Waals surface area contributed by atoms with Crippen LogP contribution in [0.2, 0.25) is 0 Å². The molecule has 0 spiro atoms. The molecule has 0 aliphatic carbocycles. The Hall–Kier alpha value is -1.08. The van der Waals surface area contributed by atoms with Crippen LogP contribution in [0.15, 0.2) is 6.20 Å². The van der Waals surface area contributed by atoms with Crippen LogP contribution in [0, 0.1) is 5.92 Å². The SMILES string of the molecule is CCc1cn[nH]c1NS(=O)(=O)N1CCC(C)CC1. The van der Waals surface area contributed by atoms with E-state index in [0.29, 0.717) is 24.8 Å². The summed E-state index contributed by atoms with van der Waals surface area (Å²) in [6.07, 6.45) is 4.23. The van der Waals surface area contributed by atoms with Gasteiger partial charge in [-0.15, -0.1) is 0 Å². The third kappa shape index (κ3) is 2.84. The summed E-state index contributed by atoms with van der Waals surface area (Å²) in [4.78, 5) is 0. The van der Waals surface area contributed by atoms with Crippen molar-refractivity contribution in [2.24, 2.45) is 5.92 Å². The fourth-order valence-electron chi connectivity index (χ4n) is 2.09. The Morgan fingerprint density at radius 3 is 2.78 bits per heavy atom. The topological polar surface area (TPSA) is 78.1 Å². The third-order valence-electron chi connectivity index (χ3n) is 3.41. The number of aromatic amines is 1. The van der Waals surface area contributed by atoms with E-state index >= 15 is 0 Å². The van der Waals surface area contributed by atoms with Gasteiger partial charge in [0.2, 0.25) is 0 Å². The van der Waals surface area contributed by atoms with Gasteiger partial charge < -0.3 is 0 Å². The lowest BCUT2D eigenvalue weighted by atomic mass is 10.0. The van der Waals surface area contributed by atoms with Crippen molar-refractivity contribution in [3.63, 3.8) is 0 Å². The normalized spacial score (nSPS) is 19.0. The van der Waals surface area contributed by atoms with Crippen LogP contribution in [-0.2, 0) is 16.6 Å². The molecule has 0 bridgehead atoms. The average Bonchev–Trinajstić information content (AvgIpc) is 2.76. The summed E-state index contributed by atoms with van der Waals surface area (Å²) in [5, 5.41) is 6.56. The molecule has 0 aromatic carbocycles. The number of aryl methyl sites for hydroxylation is 1. The van der Waals surface area contributed by atoms with Crippen LogP contribution < -0.4 is 4.72 Å². The molecule has 2 rings (SSSR count). The predicted octanol–water partition coefficient (Wildman–Crippen LogP) is 1.36. The molecule has 102 valence electrons. The fraction of sp³-hybridized carbons (Fsp3) is 0.727. The lowest BCUT2D eigenvalue weighted by Crippen LogP contribution is -2.41. The van der Waals surface area contributed by atoms with Gasteiger partial charge in [0.15, 0.2) is 0 Å². The van der Waals surface area contributed by atoms with Crippen LogP contribution in [0.1, 0.15) is 32.3 Å². The van der Waals surface area contributed by atoms with E-state index in [0.717, 1.165) is 24.8 Å². The van der Waals surface area contributed by atoms with Crippen LogP contribution in [0.3, 0.4) is 0 Å². The van der Waals surface area contributed by atoms with E-state index in [9.17, 15) is 8.42 Å². The number of hydrogen-bond acceptors (Lipinski definition) is 3. The Labute approximate surface area is 108 Å². The van der Waals surface area contributed by atoms with E-state index in [1.54, 1.807) is 6.20 Å². The molecule has 1 aliphatic rings. The van der Waals surface area contributed by atoms with Gasteiger partial charge in [0.1, 0.15) is 5.82 Å². The van der Waals surface area contributed by atoms with Gasteiger partial charge in [-0.2, -0.15) is 17.8 Å². The molecule has 0 amide bonds. The first-order valence-electron chi connectivity index (χ1n) is 6.33. The largest absolute Gasteiger partial charge is 0.302 e. The number of H-pyrrole nitrogens is 1. The van der Waals surface area contributed by atoms with Gasteiger partial charge in [0.05, 0.1) is 6.20 Å². The van der Waals surface area contributed by atoms with E-state index < -0.39 is 10.2 Å². The molecule has 0 saturated carbocycles. The lowest BCUT2D eigenvalue weighted by Gasteiger charge is -2.29. The Morgan fingerprint density at radius 1 is 1.50 bits per heavy atom. The molecule has 6 nitrogen and oxygen atoms in total. The van der Waals surface area contributed by atoms with Crippen molar-refractivity contribution in [1.29, 1.82) is 0 Å². The zero-order chi connectivity index (χ0) is 13.2. The van der Waals surface area contributed by atoms with E-state index in [4.69, 9.17) is 0 Å². The Bertz CT molecular complexity index is 489. The number of piperidine rings is 1. The van der Waals surface area contributed by atoms with Gasteiger partial charge in [-0.1, -0.05) is 13.8 Å². The lowest BCUT2D eigenvalue weighted by molar-refractivity contribution is 0.289. The van der Waals surface area contributed by atoms with E-state index in [2.05, 4.69) is 21.8 Å². The highest BCUT2D eigenvalue weighted by Crippen LogP contribution is 2.21. The highest BCUT2D eigenvalue weighted by molar-refractivity contribution is 7.90. The van der Waals surface area contributed by atoms with Crippen LogP contribution in [-0.4, -0.2) is 36.0 Å². The second kappa shape index (κ2) is 5.27. The maximum absolute atomic E-state index is 12.2. The minimum Gasteiger partial charge on any atom is -0.262 e. The van der Waals surface area contributed by atoms with Crippen molar-refractivity contribution in [2.45, 2.75) is 33.1 Å². The minimum absolute atomic E-state index is 0.483. The summed E-state index contributed by atoms with van der Waals surface area (Å²) in [6.45, 7) is 5.30. The zero-order valence-corrected chi connectivity index (χ0v) is 11.6. The number of nitrogens with one attached hydrogen (secondary N) is 2. The summed E-state index contributed by atoms with van der Waals surface area (Å²) in [5.74, 6) is 1.09. The summed E-state index contributed by atoms with van der Waals surface area (Å²) in [7, 11) is -3.45. The van der Waals surface area contributed by atoms with Gasteiger partial charge in [-0.25, -0.2) is 0 Å². The first-order chi connectivity index (χ1) is 8.53. The van der Waals surface area contributed by atoms with Crippen molar-refractivity contribution in [3.05, 3.63) is 11.8 Å². The van der Waals surface area contributed by atoms with Crippen molar-refractivity contribution in [3.8, 4) is 0 Å². The minimum atomic E-state index is -3.45. The Morgan fingerprint density at radius 2 is 2.17 bits per heavy atom. The Kier molecular flexibility index (Phi) is 3.91. The number of anilines is 1. The molecule has 1 fully saturated rings. The fourth-order valence-corrected chi connectivity index (χ4v) is 3.34. The molecule has 1 aliphatic heterocycles. The summed E-state index contributed by atoms with van der Waals surface area (Å²) < 4.78 is 28.5. The summed E-state index contributed by atoms with van der Waals surface area (Å²) in [6, 6.07) is 0. The molecule has 18 heavy (non-hydrogen) atoms. The van der Waals surface area contributed by atoms with E-state index in [1.165, 1.54) is 4.31 Å². The van der Waals surface area contributed by atoms with E-state index in [1.807, 2.05) is 6.92 Å². The van der Waals surface area contributed by atoms with Crippen LogP contribution in [0.25, 0.3) is 0 Å². The first kappa shape index (κ1) is 13.4. The smallest absolute Gasteiger partial charge is 0.262 e. The van der Waals surface area contributed by atoms with Crippen LogP contribution in [0.4, 0.5) is 5.82 Å². The van der Waals surface area contributed by atoms with E-state index in [-0.39, 0.29) is 0 Å². The highest BCUT2D eigenvalue weighted by atomic mass is 32.2.